The van der Waals surface area contributed by atoms with Crippen molar-refractivity contribution in [1.29, 1.82) is 0 Å². The second kappa shape index (κ2) is 17.3. The van der Waals surface area contributed by atoms with E-state index in [-0.39, 0.29) is 0 Å². The number of fused-ring (bicyclic) bond motifs is 12. The zero-order chi connectivity index (χ0) is 54.7. The highest BCUT2D eigenvalue weighted by molar-refractivity contribution is 6.42. The molecule has 0 atom stereocenters. The van der Waals surface area contributed by atoms with E-state index in [9.17, 15) is 0 Å². The molecule has 19 rings (SSSR count). The molecule has 0 saturated carbocycles. The Morgan fingerprint density at radius 1 is 0.131 bits per heavy atom. The molecule has 84 heavy (non-hydrogen) atoms. The lowest BCUT2D eigenvalue weighted by molar-refractivity contribution is 1.59. The Balaban J connectivity index is 0.929. The van der Waals surface area contributed by atoms with Crippen molar-refractivity contribution < 1.29 is 0 Å². The van der Waals surface area contributed by atoms with Gasteiger partial charge in [-0.3, -0.25) is 0 Å². The van der Waals surface area contributed by atoms with Crippen molar-refractivity contribution in [2.45, 2.75) is 0 Å². The van der Waals surface area contributed by atoms with Gasteiger partial charge >= 0.3 is 0 Å². The fraction of sp³-hybridized carbons (Fsp3) is 0. The van der Waals surface area contributed by atoms with Crippen LogP contribution in [0.25, 0.3) is 197 Å². The van der Waals surface area contributed by atoms with E-state index < -0.39 is 0 Å². The second-order valence-electron chi connectivity index (χ2n) is 23.2. The SMILES string of the molecule is c1ccc(-c2ccccc2-c2c3c(c(-c4ccc5ccccc5c4)c4ccccc24)-c2ccc4c5ccc6c7c(ccc(c8ccc-3c2c48)c75)-c2c-6c(-c3ccccc3-c3ccccc3)c3ccccc3c2-c2ccc3ccccc3c2)cc1. The van der Waals surface area contributed by atoms with Crippen LogP contribution < -0.4 is 0 Å². The normalized spacial score (nSPS) is 12.3. The van der Waals surface area contributed by atoms with Crippen LogP contribution in [0.3, 0.4) is 0 Å². The van der Waals surface area contributed by atoms with Gasteiger partial charge in [-0.2, -0.15) is 0 Å². The van der Waals surface area contributed by atoms with E-state index in [1.165, 1.54) is 197 Å². The van der Waals surface area contributed by atoms with Gasteiger partial charge in [0.1, 0.15) is 0 Å². The maximum Gasteiger partial charge on any atom is -0.000718 e. The van der Waals surface area contributed by atoms with E-state index in [2.05, 4.69) is 291 Å². The van der Waals surface area contributed by atoms with Gasteiger partial charge in [-0.05, 0) is 210 Å². The lowest BCUT2D eigenvalue weighted by atomic mass is 9.80. The molecule has 17 aromatic carbocycles. The van der Waals surface area contributed by atoms with E-state index >= 15 is 0 Å². The Labute approximate surface area is 485 Å². The first kappa shape index (κ1) is 45.8. The third kappa shape index (κ3) is 6.21. The third-order valence-corrected chi connectivity index (χ3v) is 19.0. The average molecular weight is 1060 g/mol. The van der Waals surface area contributed by atoms with Crippen LogP contribution in [0.15, 0.2) is 291 Å². The molecule has 0 N–H and O–H groups in total. The van der Waals surface area contributed by atoms with Gasteiger partial charge < -0.3 is 0 Å². The third-order valence-electron chi connectivity index (χ3n) is 19.0. The Morgan fingerprint density at radius 2 is 0.429 bits per heavy atom. The number of hydrogen-bond donors (Lipinski definition) is 0. The van der Waals surface area contributed by atoms with Crippen molar-refractivity contribution in [3.05, 3.63) is 291 Å². The van der Waals surface area contributed by atoms with Gasteiger partial charge in [-0.25, -0.2) is 0 Å². The van der Waals surface area contributed by atoms with Gasteiger partial charge in [0.25, 0.3) is 0 Å². The number of rotatable bonds is 6. The van der Waals surface area contributed by atoms with Crippen molar-refractivity contribution >= 4 is 86.2 Å². The summed E-state index contributed by atoms with van der Waals surface area (Å²) in [6, 6.07) is 110. The van der Waals surface area contributed by atoms with E-state index in [1.807, 2.05) is 0 Å². The summed E-state index contributed by atoms with van der Waals surface area (Å²) in [5, 5.41) is 20.5. The molecule has 384 valence electrons. The first-order chi connectivity index (χ1) is 41.7. The second-order valence-corrected chi connectivity index (χ2v) is 23.2. The molecule has 17 aromatic rings. The quantitative estimate of drug-likeness (QED) is 0.115. The summed E-state index contributed by atoms with van der Waals surface area (Å²) in [6.07, 6.45) is 0. The molecular weight excluding hydrogens is 1010 g/mol. The van der Waals surface area contributed by atoms with Gasteiger partial charge in [-0.15, -0.1) is 0 Å². The molecule has 0 heterocycles. The van der Waals surface area contributed by atoms with Crippen LogP contribution in [0.2, 0.25) is 0 Å². The van der Waals surface area contributed by atoms with E-state index in [0.29, 0.717) is 0 Å². The number of hydrogen-bond acceptors (Lipinski definition) is 0. The monoisotopic (exact) mass is 1060 g/mol. The number of benzene rings is 17. The minimum Gasteiger partial charge on any atom is -0.0622 e. The molecule has 0 fully saturated rings. The molecule has 0 saturated heterocycles. The first-order valence-electron chi connectivity index (χ1n) is 29.4. The lowest BCUT2D eigenvalue weighted by Crippen LogP contribution is -1.95. The van der Waals surface area contributed by atoms with Crippen molar-refractivity contribution in [2.75, 3.05) is 0 Å². The van der Waals surface area contributed by atoms with Crippen LogP contribution in [-0.2, 0) is 0 Å². The molecule has 0 unspecified atom stereocenters. The van der Waals surface area contributed by atoms with Crippen LogP contribution in [0.4, 0.5) is 0 Å². The standard InChI is InChI=1S/C84H48/c1-3-21-51(22-4-1)57-27-11-13-29-59(57)77-63-33-17-15-31-61(63)73(55-37-35-49-19-7-9-25-53(49)47-55)81-69-43-39-65-68-42-46-72-80-70(44-40-66(76(68)80)67-41-45-71(83(77)81)79(69)75(65)67)82-74(56-38-36-50-20-8-10-26-54(50)48-56)62-32-16-18-34-64(62)78(84(72)82)60-30-14-12-28-58(60)52-23-5-2-6-24-52/h1-48H. The predicted molar refractivity (Wildman–Crippen MR) is 359 cm³/mol. The zero-order valence-electron chi connectivity index (χ0n) is 45.7. The molecule has 2 aliphatic rings. The minimum absolute atomic E-state index is 1.21. The van der Waals surface area contributed by atoms with Gasteiger partial charge in [0.2, 0.25) is 0 Å². The zero-order valence-corrected chi connectivity index (χ0v) is 45.7. The maximum absolute atomic E-state index is 2.48. The topological polar surface area (TPSA) is 0 Å². The highest BCUT2D eigenvalue weighted by Crippen LogP contribution is 2.64. The molecule has 0 aliphatic heterocycles. The van der Waals surface area contributed by atoms with Crippen molar-refractivity contribution in [2.24, 2.45) is 0 Å². The first-order valence-corrected chi connectivity index (χ1v) is 29.4. The summed E-state index contributed by atoms with van der Waals surface area (Å²) in [6.45, 7) is 0. The Morgan fingerprint density at radius 3 is 0.810 bits per heavy atom. The molecule has 0 bridgehead atoms. The van der Waals surface area contributed by atoms with E-state index in [0.717, 1.165) is 0 Å². The van der Waals surface area contributed by atoms with Crippen molar-refractivity contribution in [3.8, 4) is 111 Å². The maximum atomic E-state index is 2.48. The Kier molecular flexibility index (Phi) is 9.43. The van der Waals surface area contributed by atoms with Gasteiger partial charge in [0.05, 0.1) is 0 Å². The molecule has 0 nitrogen and oxygen atoms in total. The van der Waals surface area contributed by atoms with Gasteiger partial charge in [-0.1, -0.05) is 279 Å². The van der Waals surface area contributed by atoms with Crippen LogP contribution in [0.1, 0.15) is 0 Å². The summed E-state index contributed by atoms with van der Waals surface area (Å²) in [5.41, 5.74) is 25.4. The summed E-state index contributed by atoms with van der Waals surface area (Å²) in [5.74, 6) is 0. The fourth-order valence-corrected chi connectivity index (χ4v) is 15.7. The van der Waals surface area contributed by atoms with Gasteiger partial charge in [0, 0.05) is 0 Å². The van der Waals surface area contributed by atoms with E-state index in [4.69, 9.17) is 0 Å². The Bertz CT molecular complexity index is 5330. The molecule has 0 heteroatoms. The highest BCUT2D eigenvalue weighted by atomic mass is 14.4. The van der Waals surface area contributed by atoms with Crippen LogP contribution >= 0.6 is 0 Å². The summed E-state index contributed by atoms with van der Waals surface area (Å²) in [7, 11) is 0. The van der Waals surface area contributed by atoms with Crippen molar-refractivity contribution in [3.63, 3.8) is 0 Å². The smallest absolute Gasteiger partial charge is 0.000718 e. The van der Waals surface area contributed by atoms with Crippen molar-refractivity contribution in [1.82, 2.24) is 0 Å². The summed E-state index contributed by atoms with van der Waals surface area (Å²) >= 11 is 0. The molecular formula is C84H48. The van der Waals surface area contributed by atoms with Crippen LogP contribution in [-0.4, -0.2) is 0 Å². The van der Waals surface area contributed by atoms with Crippen LogP contribution in [0.5, 0.6) is 0 Å². The Hall–Kier alpha value is -10.9. The lowest BCUT2D eigenvalue weighted by Gasteiger charge is -2.22. The largest absolute Gasteiger partial charge is 0.0622 e. The summed E-state index contributed by atoms with van der Waals surface area (Å²) in [4.78, 5) is 0. The molecule has 2 aliphatic carbocycles. The molecule has 0 spiro atoms. The molecule has 0 amide bonds. The van der Waals surface area contributed by atoms with Gasteiger partial charge in [0.15, 0.2) is 0 Å². The van der Waals surface area contributed by atoms with E-state index in [1.54, 1.807) is 0 Å². The fourth-order valence-electron chi connectivity index (χ4n) is 15.7. The highest BCUT2D eigenvalue weighted by Gasteiger charge is 2.36. The molecule has 0 aromatic heterocycles. The average Bonchev–Trinajstić information content (AvgIpc) is 1.70. The predicted octanol–water partition coefficient (Wildman–Crippen LogP) is 23.6. The van der Waals surface area contributed by atoms with Crippen LogP contribution in [0, 0.1) is 0 Å². The summed E-state index contributed by atoms with van der Waals surface area (Å²) < 4.78 is 0. The molecule has 0 radical (unpaired) electrons. The minimum atomic E-state index is 1.21.